The van der Waals surface area contributed by atoms with Crippen LogP contribution in [-0.2, 0) is 0 Å². The highest BCUT2D eigenvalue weighted by Crippen LogP contribution is 2.38. The fourth-order valence-electron chi connectivity index (χ4n) is 3.20. The number of rotatable bonds is 6. The standard InChI is InChI=1S/C17H26ClNO2/c1-4-5-12-6-8-13(9-7-12)19-15-10-14(18)16(20-2)11-17(15)21-3/h10-13,19H,4-9H2,1-3H3. The van der Waals surface area contributed by atoms with Crippen LogP contribution in [0.3, 0.4) is 0 Å². The zero-order valence-electron chi connectivity index (χ0n) is 13.2. The van der Waals surface area contributed by atoms with Crippen LogP contribution in [0.2, 0.25) is 5.02 Å². The number of benzene rings is 1. The summed E-state index contributed by atoms with van der Waals surface area (Å²) in [6.45, 7) is 2.27. The first kappa shape index (κ1) is 16.3. The van der Waals surface area contributed by atoms with Crippen LogP contribution in [0, 0.1) is 5.92 Å². The number of ether oxygens (including phenoxy) is 2. The average Bonchev–Trinajstić information content (AvgIpc) is 2.50. The lowest BCUT2D eigenvalue weighted by Gasteiger charge is -2.30. The van der Waals surface area contributed by atoms with Crippen LogP contribution in [0.15, 0.2) is 12.1 Å². The lowest BCUT2D eigenvalue weighted by Crippen LogP contribution is -2.26. The van der Waals surface area contributed by atoms with Gasteiger partial charge in [-0.3, -0.25) is 0 Å². The van der Waals surface area contributed by atoms with Crippen molar-refractivity contribution in [2.45, 2.75) is 51.5 Å². The van der Waals surface area contributed by atoms with Crippen molar-refractivity contribution in [2.75, 3.05) is 19.5 Å². The van der Waals surface area contributed by atoms with E-state index in [-0.39, 0.29) is 0 Å². The van der Waals surface area contributed by atoms with Gasteiger partial charge in [0.1, 0.15) is 11.5 Å². The van der Waals surface area contributed by atoms with Gasteiger partial charge in [-0.05, 0) is 37.7 Å². The van der Waals surface area contributed by atoms with E-state index < -0.39 is 0 Å². The Balaban J connectivity index is 2.01. The molecule has 0 atom stereocenters. The summed E-state index contributed by atoms with van der Waals surface area (Å²) in [5.74, 6) is 2.34. The molecule has 0 saturated heterocycles. The normalized spacial score (nSPS) is 21.9. The van der Waals surface area contributed by atoms with E-state index in [1.165, 1.54) is 38.5 Å². The van der Waals surface area contributed by atoms with Crippen LogP contribution < -0.4 is 14.8 Å². The van der Waals surface area contributed by atoms with Crippen LogP contribution in [0.25, 0.3) is 0 Å². The van der Waals surface area contributed by atoms with Crippen LogP contribution in [0.1, 0.15) is 45.4 Å². The van der Waals surface area contributed by atoms with Crippen molar-refractivity contribution in [2.24, 2.45) is 5.92 Å². The first-order valence-electron chi connectivity index (χ1n) is 7.86. The first-order valence-corrected chi connectivity index (χ1v) is 8.23. The molecule has 0 radical (unpaired) electrons. The quantitative estimate of drug-likeness (QED) is 0.790. The van der Waals surface area contributed by atoms with Gasteiger partial charge < -0.3 is 14.8 Å². The second kappa shape index (κ2) is 7.79. The third-order valence-corrected chi connectivity index (χ3v) is 4.67. The molecule has 0 unspecified atom stereocenters. The summed E-state index contributed by atoms with van der Waals surface area (Å²) in [4.78, 5) is 0. The predicted octanol–water partition coefficient (Wildman–Crippen LogP) is 5.13. The van der Waals surface area contributed by atoms with Gasteiger partial charge in [0.2, 0.25) is 0 Å². The molecule has 0 bridgehead atoms. The number of methoxy groups -OCH3 is 2. The van der Waals surface area contributed by atoms with Gasteiger partial charge in [0.15, 0.2) is 0 Å². The highest BCUT2D eigenvalue weighted by molar-refractivity contribution is 6.32. The van der Waals surface area contributed by atoms with Crippen LogP contribution in [0.4, 0.5) is 5.69 Å². The monoisotopic (exact) mass is 311 g/mol. The van der Waals surface area contributed by atoms with Crippen LogP contribution in [-0.4, -0.2) is 20.3 Å². The predicted molar refractivity (Wildman–Crippen MR) is 88.8 cm³/mol. The molecule has 21 heavy (non-hydrogen) atoms. The third kappa shape index (κ3) is 4.19. The van der Waals surface area contributed by atoms with Gasteiger partial charge in [0, 0.05) is 12.1 Å². The fraction of sp³-hybridized carbons (Fsp3) is 0.647. The SMILES string of the molecule is CCCC1CCC(Nc2cc(Cl)c(OC)cc2OC)CC1. The summed E-state index contributed by atoms with van der Waals surface area (Å²) in [6, 6.07) is 4.25. The zero-order chi connectivity index (χ0) is 15.2. The molecule has 1 fully saturated rings. The number of nitrogens with one attached hydrogen (secondary N) is 1. The van der Waals surface area contributed by atoms with Gasteiger partial charge in [0.25, 0.3) is 0 Å². The summed E-state index contributed by atoms with van der Waals surface area (Å²) >= 11 is 6.22. The van der Waals surface area contributed by atoms with E-state index in [0.717, 1.165) is 17.4 Å². The summed E-state index contributed by atoms with van der Waals surface area (Å²) in [5, 5.41) is 4.20. The second-order valence-electron chi connectivity index (χ2n) is 5.84. The van der Waals surface area contributed by atoms with Crippen molar-refractivity contribution >= 4 is 17.3 Å². The van der Waals surface area contributed by atoms with E-state index in [4.69, 9.17) is 21.1 Å². The Morgan fingerprint density at radius 2 is 1.76 bits per heavy atom. The van der Waals surface area contributed by atoms with E-state index >= 15 is 0 Å². The van der Waals surface area contributed by atoms with E-state index in [2.05, 4.69) is 12.2 Å². The van der Waals surface area contributed by atoms with Crippen LogP contribution >= 0.6 is 11.6 Å². The number of hydrogen-bond donors (Lipinski definition) is 1. The Kier molecular flexibility index (Phi) is 6.04. The summed E-state index contributed by atoms with van der Waals surface area (Å²) in [6.07, 6.45) is 7.74. The van der Waals surface area contributed by atoms with Crippen molar-refractivity contribution in [3.05, 3.63) is 17.2 Å². The Bertz CT molecular complexity index is 456. The molecule has 1 aliphatic carbocycles. The third-order valence-electron chi connectivity index (χ3n) is 4.38. The van der Waals surface area contributed by atoms with Crippen molar-refractivity contribution < 1.29 is 9.47 Å². The molecule has 1 aromatic carbocycles. The van der Waals surface area contributed by atoms with Gasteiger partial charge in [-0.25, -0.2) is 0 Å². The molecule has 1 aromatic rings. The largest absolute Gasteiger partial charge is 0.495 e. The first-order chi connectivity index (χ1) is 10.2. The van der Waals surface area contributed by atoms with Crippen molar-refractivity contribution in [1.29, 1.82) is 0 Å². The lowest BCUT2D eigenvalue weighted by molar-refractivity contribution is 0.318. The maximum atomic E-state index is 6.22. The average molecular weight is 312 g/mol. The molecule has 3 nitrogen and oxygen atoms in total. The summed E-state index contributed by atoms with van der Waals surface area (Å²) < 4.78 is 10.7. The maximum Gasteiger partial charge on any atom is 0.145 e. The van der Waals surface area contributed by atoms with Gasteiger partial charge in [-0.1, -0.05) is 31.4 Å². The smallest absolute Gasteiger partial charge is 0.145 e. The Morgan fingerprint density at radius 3 is 2.33 bits per heavy atom. The molecule has 1 saturated carbocycles. The Morgan fingerprint density at radius 1 is 1.10 bits per heavy atom. The van der Waals surface area contributed by atoms with Crippen molar-refractivity contribution in [3.8, 4) is 11.5 Å². The topological polar surface area (TPSA) is 30.5 Å². The molecule has 0 aromatic heterocycles. The van der Waals surface area contributed by atoms with Gasteiger partial charge in [0.05, 0.1) is 24.9 Å². The van der Waals surface area contributed by atoms with Gasteiger partial charge >= 0.3 is 0 Å². The molecule has 0 amide bonds. The number of hydrogen-bond acceptors (Lipinski definition) is 3. The summed E-state index contributed by atoms with van der Waals surface area (Å²) in [5.41, 5.74) is 0.960. The minimum absolute atomic E-state index is 0.511. The zero-order valence-corrected chi connectivity index (χ0v) is 14.0. The maximum absolute atomic E-state index is 6.22. The molecule has 0 aliphatic heterocycles. The molecular weight excluding hydrogens is 286 g/mol. The minimum atomic E-state index is 0.511. The molecule has 2 rings (SSSR count). The van der Waals surface area contributed by atoms with Crippen molar-refractivity contribution in [1.82, 2.24) is 0 Å². The van der Waals surface area contributed by atoms with Gasteiger partial charge in [-0.2, -0.15) is 0 Å². The second-order valence-corrected chi connectivity index (χ2v) is 6.24. The Hall–Kier alpha value is -1.09. The van der Waals surface area contributed by atoms with E-state index in [9.17, 15) is 0 Å². The van der Waals surface area contributed by atoms with E-state index in [1.807, 2.05) is 12.1 Å². The molecule has 1 aliphatic rings. The van der Waals surface area contributed by atoms with Crippen LogP contribution in [0.5, 0.6) is 11.5 Å². The molecule has 0 spiro atoms. The number of anilines is 1. The van der Waals surface area contributed by atoms with Crippen molar-refractivity contribution in [3.63, 3.8) is 0 Å². The number of halogens is 1. The fourth-order valence-corrected chi connectivity index (χ4v) is 3.44. The molecule has 0 heterocycles. The molecule has 4 heteroatoms. The Labute approximate surface area is 133 Å². The highest BCUT2D eigenvalue weighted by Gasteiger charge is 2.21. The molecule has 1 N–H and O–H groups in total. The van der Waals surface area contributed by atoms with E-state index in [0.29, 0.717) is 16.8 Å². The highest BCUT2D eigenvalue weighted by atomic mass is 35.5. The molecular formula is C17H26ClNO2. The summed E-state index contributed by atoms with van der Waals surface area (Å²) in [7, 11) is 3.29. The molecule has 118 valence electrons. The minimum Gasteiger partial charge on any atom is -0.495 e. The lowest BCUT2D eigenvalue weighted by atomic mass is 9.83. The van der Waals surface area contributed by atoms with Gasteiger partial charge in [-0.15, -0.1) is 0 Å². The van der Waals surface area contributed by atoms with E-state index in [1.54, 1.807) is 14.2 Å².